The third kappa shape index (κ3) is 4.49. The molecule has 30 heavy (non-hydrogen) atoms. The van der Waals surface area contributed by atoms with Crippen LogP contribution in [-0.2, 0) is 11.5 Å². The van der Waals surface area contributed by atoms with Gasteiger partial charge in [0.25, 0.3) is 0 Å². The number of hydrogen-bond acceptors (Lipinski definition) is 5. The van der Waals surface area contributed by atoms with Gasteiger partial charge in [0, 0.05) is 24.7 Å². The molecule has 0 bridgehead atoms. The Kier molecular flexibility index (Phi) is 6.06. The molecule has 2 aromatic carbocycles. The highest BCUT2D eigenvalue weighted by atomic mass is 32.1. The quantitative estimate of drug-likeness (QED) is 0.635. The van der Waals surface area contributed by atoms with E-state index in [9.17, 15) is 4.79 Å². The molecule has 156 valence electrons. The van der Waals surface area contributed by atoms with Crippen LogP contribution in [-0.4, -0.2) is 43.7 Å². The lowest BCUT2D eigenvalue weighted by molar-refractivity contribution is -0.121. The van der Waals surface area contributed by atoms with Gasteiger partial charge in [0.2, 0.25) is 10.7 Å². The zero-order chi connectivity index (χ0) is 21.1. The molecule has 1 amide bonds. The van der Waals surface area contributed by atoms with E-state index >= 15 is 0 Å². The maximum Gasteiger partial charge on any atom is 0.227 e. The number of tetrazole rings is 1. The van der Waals surface area contributed by atoms with Crippen molar-refractivity contribution in [1.82, 2.24) is 24.7 Å². The fourth-order valence-electron chi connectivity index (χ4n) is 3.85. The van der Waals surface area contributed by atoms with Gasteiger partial charge in [-0.25, -0.2) is 4.68 Å². The highest BCUT2D eigenvalue weighted by molar-refractivity contribution is 7.71. The molecule has 7 nitrogen and oxygen atoms in total. The SMILES string of the molecule is Cc1ccc(-n2nnn(CN3CCC(C(=O)Nc4ccccc4)CC3)c2=S)c(C)c1. The van der Waals surface area contributed by atoms with Crippen molar-refractivity contribution in [1.29, 1.82) is 0 Å². The van der Waals surface area contributed by atoms with E-state index in [2.05, 4.69) is 33.6 Å². The van der Waals surface area contributed by atoms with Gasteiger partial charge in [-0.3, -0.25) is 9.69 Å². The third-order valence-electron chi connectivity index (χ3n) is 5.55. The van der Waals surface area contributed by atoms with Crippen LogP contribution in [0.3, 0.4) is 0 Å². The molecule has 0 radical (unpaired) electrons. The number of likely N-dealkylation sites (tertiary alicyclic amines) is 1. The number of aryl methyl sites for hydroxylation is 2. The molecule has 1 fully saturated rings. The molecule has 2 heterocycles. The molecule has 1 aliphatic heterocycles. The number of para-hydroxylation sites is 1. The lowest BCUT2D eigenvalue weighted by Gasteiger charge is -2.30. The molecule has 0 saturated carbocycles. The number of nitrogens with zero attached hydrogens (tertiary/aromatic N) is 5. The van der Waals surface area contributed by atoms with E-state index < -0.39 is 0 Å². The normalized spacial score (nSPS) is 15.3. The molecule has 0 aliphatic carbocycles. The monoisotopic (exact) mass is 422 g/mol. The Morgan fingerprint density at radius 3 is 2.53 bits per heavy atom. The van der Waals surface area contributed by atoms with Crippen LogP contribution >= 0.6 is 12.2 Å². The Bertz CT molecular complexity index is 1080. The summed E-state index contributed by atoms with van der Waals surface area (Å²) in [6.07, 6.45) is 1.63. The minimum atomic E-state index is 0.0281. The van der Waals surface area contributed by atoms with Crippen LogP contribution in [0.1, 0.15) is 24.0 Å². The molecule has 1 aliphatic rings. The van der Waals surface area contributed by atoms with Gasteiger partial charge in [0.1, 0.15) is 0 Å². The van der Waals surface area contributed by atoms with Crippen molar-refractivity contribution in [3.63, 3.8) is 0 Å². The number of carbonyl (C=O) groups is 1. The summed E-state index contributed by atoms with van der Waals surface area (Å²) in [6, 6.07) is 15.8. The molecular weight excluding hydrogens is 396 g/mol. The maximum absolute atomic E-state index is 12.5. The number of anilines is 1. The molecule has 4 rings (SSSR count). The first-order valence-corrected chi connectivity index (χ1v) is 10.6. The van der Waals surface area contributed by atoms with Crippen LogP contribution in [0.4, 0.5) is 5.69 Å². The van der Waals surface area contributed by atoms with Crippen LogP contribution in [0.2, 0.25) is 0 Å². The molecule has 1 saturated heterocycles. The predicted octanol–water partition coefficient (Wildman–Crippen LogP) is 3.72. The number of hydrogen-bond donors (Lipinski definition) is 1. The Hall–Kier alpha value is -2.84. The number of aromatic nitrogens is 4. The largest absolute Gasteiger partial charge is 0.326 e. The molecule has 0 unspecified atom stereocenters. The van der Waals surface area contributed by atoms with Crippen LogP contribution in [0.5, 0.6) is 0 Å². The first kappa shape index (κ1) is 20.4. The minimum Gasteiger partial charge on any atom is -0.326 e. The topological polar surface area (TPSA) is 68.0 Å². The van der Waals surface area contributed by atoms with Gasteiger partial charge >= 0.3 is 0 Å². The van der Waals surface area contributed by atoms with E-state index in [1.165, 1.54) is 5.56 Å². The van der Waals surface area contributed by atoms with Gasteiger partial charge in [-0.2, -0.15) is 4.68 Å². The smallest absolute Gasteiger partial charge is 0.227 e. The lowest BCUT2D eigenvalue weighted by Crippen LogP contribution is -2.39. The van der Waals surface area contributed by atoms with Crippen LogP contribution in [0, 0.1) is 24.5 Å². The van der Waals surface area contributed by atoms with Crippen molar-refractivity contribution in [3.05, 3.63) is 64.4 Å². The molecule has 1 N–H and O–H groups in total. The summed E-state index contributed by atoms with van der Waals surface area (Å²) in [5.41, 5.74) is 4.12. The third-order valence-corrected chi connectivity index (χ3v) is 5.94. The minimum absolute atomic E-state index is 0.0281. The summed E-state index contributed by atoms with van der Waals surface area (Å²) < 4.78 is 4.04. The van der Waals surface area contributed by atoms with E-state index in [1.807, 2.05) is 49.4 Å². The van der Waals surface area contributed by atoms with Gasteiger partial charge in [-0.1, -0.05) is 35.9 Å². The van der Waals surface area contributed by atoms with Crippen LogP contribution < -0.4 is 5.32 Å². The molecule has 3 aromatic rings. The first-order chi connectivity index (χ1) is 14.5. The Morgan fingerprint density at radius 2 is 1.83 bits per heavy atom. The Labute approximate surface area is 181 Å². The van der Waals surface area contributed by atoms with Crippen molar-refractivity contribution in [2.45, 2.75) is 33.4 Å². The van der Waals surface area contributed by atoms with Gasteiger partial charge in [-0.05, 0) is 73.1 Å². The summed E-state index contributed by atoms with van der Waals surface area (Å²) in [7, 11) is 0. The summed E-state index contributed by atoms with van der Waals surface area (Å²) in [5.74, 6) is 0.124. The van der Waals surface area contributed by atoms with Crippen LogP contribution in [0.15, 0.2) is 48.5 Å². The van der Waals surface area contributed by atoms with Gasteiger partial charge < -0.3 is 5.32 Å². The zero-order valence-electron chi connectivity index (χ0n) is 17.3. The predicted molar refractivity (Wildman–Crippen MR) is 119 cm³/mol. The first-order valence-electron chi connectivity index (χ1n) is 10.2. The highest BCUT2D eigenvalue weighted by Gasteiger charge is 2.25. The number of benzene rings is 2. The number of piperidine rings is 1. The second-order valence-corrected chi connectivity index (χ2v) is 8.22. The second kappa shape index (κ2) is 8.89. The highest BCUT2D eigenvalue weighted by Crippen LogP contribution is 2.20. The van der Waals surface area contributed by atoms with Crippen molar-refractivity contribution < 1.29 is 4.79 Å². The maximum atomic E-state index is 12.5. The van der Waals surface area contributed by atoms with Crippen molar-refractivity contribution >= 4 is 23.8 Å². The fraction of sp³-hybridized carbons (Fsp3) is 0.364. The average Bonchev–Trinajstić information content (AvgIpc) is 3.09. The van der Waals surface area contributed by atoms with Crippen LogP contribution in [0.25, 0.3) is 5.69 Å². The van der Waals surface area contributed by atoms with Crippen molar-refractivity contribution in [2.24, 2.45) is 5.92 Å². The number of nitrogens with one attached hydrogen (secondary N) is 1. The lowest BCUT2D eigenvalue weighted by atomic mass is 9.96. The van der Waals surface area contributed by atoms with Crippen molar-refractivity contribution in [2.75, 3.05) is 18.4 Å². The van der Waals surface area contributed by atoms with Crippen molar-refractivity contribution in [3.8, 4) is 5.69 Å². The molecule has 1 aromatic heterocycles. The molecule has 0 spiro atoms. The Morgan fingerprint density at radius 1 is 1.10 bits per heavy atom. The average molecular weight is 423 g/mol. The number of rotatable bonds is 5. The standard InChI is InChI=1S/C22H26N6OS/c1-16-8-9-20(17(2)14-16)28-22(30)27(24-25-28)15-26-12-10-18(11-13-26)21(29)23-19-6-4-3-5-7-19/h3-9,14,18H,10-13,15H2,1-2H3,(H,23,29). The molecule has 0 atom stereocenters. The zero-order valence-corrected chi connectivity index (χ0v) is 18.1. The number of carbonyl (C=O) groups excluding carboxylic acids is 1. The van der Waals surface area contributed by atoms with Gasteiger partial charge in [0.15, 0.2) is 0 Å². The van der Waals surface area contributed by atoms with E-state index in [1.54, 1.807) is 9.36 Å². The summed E-state index contributed by atoms with van der Waals surface area (Å²) in [4.78, 5) is 14.8. The molecular formula is C22H26N6OS. The summed E-state index contributed by atoms with van der Waals surface area (Å²) in [6.45, 7) is 6.35. The number of amides is 1. The van der Waals surface area contributed by atoms with E-state index in [-0.39, 0.29) is 11.8 Å². The summed E-state index contributed by atoms with van der Waals surface area (Å²) >= 11 is 5.62. The van der Waals surface area contributed by atoms with E-state index in [0.29, 0.717) is 11.4 Å². The Balaban J connectivity index is 1.36. The van der Waals surface area contributed by atoms with E-state index in [0.717, 1.165) is 42.9 Å². The second-order valence-electron chi connectivity index (χ2n) is 7.85. The van der Waals surface area contributed by atoms with E-state index in [4.69, 9.17) is 12.2 Å². The fourth-order valence-corrected chi connectivity index (χ4v) is 4.08. The van der Waals surface area contributed by atoms with Gasteiger partial charge in [-0.15, -0.1) is 0 Å². The van der Waals surface area contributed by atoms with Gasteiger partial charge in [0.05, 0.1) is 12.4 Å². The molecule has 8 heteroatoms. The summed E-state index contributed by atoms with van der Waals surface area (Å²) in [5, 5.41) is 11.5.